The van der Waals surface area contributed by atoms with E-state index in [1.54, 1.807) is 11.3 Å². The van der Waals surface area contributed by atoms with E-state index in [0.29, 0.717) is 0 Å². The molecule has 0 unspecified atom stereocenters. The summed E-state index contributed by atoms with van der Waals surface area (Å²) in [5.41, 5.74) is 5.19. The van der Waals surface area contributed by atoms with Crippen LogP contribution >= 0.6 is 27.3 Å². The molecule has 0 aliphatic rings. The largest absolute Gasteiger partial charge is 0.394 e. The van der Waals surface area contributed by atoms with Crippen molar-refractivity contribution in [2.24, 2.45) is 5.73 Å². The highest BCUT2D eigenvalue weighted by Crippen LogP contribution is 2.27. The van der Waals surface area contributed by atoms with Gasteiger partial charge in [0, 0.05) is 14.7 Å². The van der Waals surface area contributed by atoms with Crippen molar-refractivity contribution in [1.82, 2.24) is 0 Å². The van der Waals surface area contributed by atoms with Crippen molar-refractivity contribution < 1.29 is 5.11 Å². The van der Waals surface area contributed by atoms with Gasteiger partial charge in [-0.2, -0.15) is 0 Å². The predicted molar refractivity (Wildman–Crippen MR) is 50.6 cm³/mol. The molecule has 11 heavy (non-hydrogen) atoms. The molecule has 0 aliphatic carbocycles. The minimum absolute atomic E-state index is 0.0278. The molecule has 1 atom stereocenters. The Hall–Kier alpha value is 0.1000. The molecule has 0 radical (unpaired) electrons. The van der Waals surface area contributed by atoms with Crippen LogP contribution in [0.15, 0.2) is 15.9 Å². The van der Waals surface area contributed by atoms with Crippen LogP contribution in [-0.4, -0.2) is 11.7 Å². The van der Waals surface area contributed by atoms with E-state index in [1.165, 1.54) is 0 Å². The number of hydrogen-bond donors (Lipinski definition) is 2. The normalized spacial score (nSPS) is 16.4. The van der Waals surface area contributed by atoms with Crippen LogP contribution in [0, 0.1) is 0 Å². The first kappa shape index (κ1) is 9.19. The van der Waals surface area contributed by atoms with E-state index in [0.717, 1.165) is 9.35 Å². The lowest BCUT2D eigenvalue weighted by molar-refractivity contribution is 0.212. The summed E-state index contributed by atoms with van der Waals surface area (Å²) in [6.45, 7) is 1.78. The third-order valence-electron chi connectivity index (χ3n) is 1.46. The van der Waals surface area contributed by atoms with Crippen LogP contribution in [0.25, 0.3) is 0 Å². The van der Waals surface area contributed by atoms with Crippen molar-refractivity contribution in [3.63, 3.8) is 0 Å². The molecule has 0 aromatic carbocycles. The molecule has 0 saturated heterocycles. The van der Waals surface area contributed by atoms with Crippen LogP contribution in [0.3, 0.4) is 0 Å². The van der Waals surface area contributed by atoms with Crippen molar-refractivity contribution in [3.8, 4) is 0 Å². The Morgan fingerprint density at radius 1 is 1.82 bits per heavy atom. The highest BCUT2D eigenvalue weighted by molar-refractivity contribution is 9.10. The Labute approximate surface area is 78.2 Å². The molecule has 0 bridgehead atoms. The molecule has 0 fully saturated rings. The zero-order valence-electron chi connectivity index (χ0n) is 6.17. The maximum atomic E-state index is 8.92. The first-order valence-electron chi connectivity index (χ1n) is 3.20. The number of rotatable bonds is 2. The van der Waals surface area contributed by atoms with E-state index in [1.807, 2.05) is 18.4 Å². The molecule has 2 nitrogen and oxygen atoms in total. The Balaban J connectivity index is 2.92. The van der Waals surface area contributed by atoms with Crippen molar-refractivity contribution in [3.05, 3.63) is 20.8 Å². The average molecular weight is 236 g/mol. The van der Waals surface area contributed by atoms with Crippen LogP contribution in [0.5, 0.6) is 0 Å². The van der Waals surface area contributed by atoms with Crippen molar-refractivity contribution in [1.29, 1.82) is 0 Å². The number of nitrogens with two attached hydrogens (primary N) is 1. The van der Waals surface area contributed by atoms with Gasteiger partial charge >= 0.3 is 0 Å². The number of hydrogen-bond acceptors (Lipinski definition) is 3. The number of aliphatic hydroxyl groups is 1. The van der Waals surface area contributed by atoms with Gasteiger partial charge in [-0.3, -0.25) is 0 Å². The van der Waals surface area contributed by atoms with Crippen molar-refractivity contribution in [2.45, 2.75) is 12.5 Å². The molecule has 1 heterocycles. The summed E-state index contributed by atoms with van der Waals surface area (Å²) in [6, 6.07) is 1.93. The van der Waals surface area contributed by atoms with Crippen molar-refractivity contribution >= 4 is 27.3 Å². The lowest BCUT2D eigenvalue weighted by atomic mass is 10.0. The third-order valence-corrected chi connectivity index (χ3v) is 3.43. The molecular weight excluding hydrogens is 226 g/mol. The molecule has 1 rings (SSSR count). The summed E-state index contributed by atoms with van der Waals surface area (Å²) >= 11 is 4.88. The standard InChI is InChI=1S/C7H10BrNOS/c1-7(9,4-10)6-2-5(8)3-11-6/h2-3,10H,4,9H2,1H3/t7-/m0/s1. The monoisotopic (exact) mass is 235 g/mol. The van der Waals surface area contributed by atoms with Gasteiger partial charge in [-0.25, -0.2) is 0 Å². The minimum atomic E-state index is -0.601. The van der Waals surface area contributed by atoms with Crippen LogP contribution < -0.4 is 5.73 Å². The second-order valence-electron chi connectivity index (χ2n) is 2.70. The average Bonchev–Trinajstić information content (AvgIpc) is 2.36. The molecule has 0 saturated carbocycles. The van der Waals surface area contributed by atoms with E-state index in [9.17, 15) is 0 Å². The van der Waals surface area contributed by atoms with Gasteiger partial charge in [-0.1, -0.05) is 0 Å². The van der Waals surface area contributed by atoms with Gasteiger partial charge in [0.15, 0.2) is 0 Å². The van der Waals surface area contributed by atoms with Gasteiger partial charge in [0.05, 0.1) is 12.1 Å². The molecule has 0 amide bonds. The zero-order chi connectivity index (χ0) is 8.48. The Kier molecular flexibility index (Phi) is 2.70. The maximum absolute atomic E-state index is 8.92. The van der Waals surface area contributed by atoms with Gasteiger partial charge in [-0.05, 0) is 28.9 Å². The zero-order valence-corrected chi connectivity index (χ0v) is 8.58. The van der Waals surface area contributed by atoms with E-state index in [2.05, 4.69) is 15.9 Å². The second kappa shape index (κ2) is 3.23. The number of aliphatic hydroxyl groups excluding tert-OH is 1. The molecule has 1 aromatic heterocycles. The fourth-order valence-corrected chi connectivity index (χ4v) is 2.19. The van der Waals surface area contributed by atoms with Gasteiger partial charge in [0.2, 0.25) is 0 Å². The number of thiophene rings is 1. The van der Waals surface area contributed by atoms with E-state index in [-0.39, 0.29) is 6.61 Å². The molecule has 4 heteroatoms. The smallest absolute Gasteiger partial charge is 0.0709 e. The Morgan fingerprint density at radius 3 is 2.82 bits per heavy atom. The molecular formula is C7H10BrNOS. The summed E-state index contributed by atoms with van der Waals surface area (Å²) in [7, 11) is 0. The summed E-state index contributed by atoms with van der Waals surface area (Å²) in [4.78, 5) is 0.992. The van der Waals surface area contributed by atoms with Gasteiger partial charge < -0.3 is 10.8 Å². The second-order valence-corrected chi connectivity index (χ2v) is 4.53. The van der Waals surface area contributed by atoms with E-state index < -0.39 is 5.54 Å². The van der Waals surface area contributed by atoms with Crippen LogP contribution in [0.2, 0.25) is 0 Å². The fourth-order valence-electron chi connectivity index (χ4n) is 0.690. The number of halogens is 1. The highest BCUT2D eigenvalue weighted by atomic mass is 79.9. The lowest BCUT2D eigenvalue weighted by Gasteiger charge is -2.19. The molecule has 1 aromatic rings. The van der Waals surface area contributed by atoms with Crippen molar-refractivity contribution in [2.75, 3.05) is 6.61 Å². The molecule has 3 N–H and O–H groups in total. The predicted octanol–water partition coefficient (Wildman–Crippen LogP) is 1.68. The van der Waals surface area contributed by atoms with Crippen LogP contribution in [0.4, 0.5) is 0 Å². The molecule has 62 valence electrons. The quantitative estimate of drug-likeness (QED) is 0.820. The van der Waals surface area contributed by atoms with Gasteiger partial charge in [0.25, 0.3) is 0 Å². The fraction of sp³-hybridized carbons (Fsp3) is 0.429. The van der Waals surface area contributed by atoms with Crippen LogP contribution in [-0.2, 0) is 5.54 Å². The first-order chi connectivity index (χ1) is 5.06. The van der Waals surface area contributed by atoms with E-state index >= 15 is 0 Å². The summed E-state index contributed by atoms with van der Waals surface area (Å²) in [5, 5.41) is 10.9. The van der Waals surface area contributed by atoms with Gasteiger partial charge in [-0.15, -0.1) is 11.3 Å². The Morgan fingerprint density at radius 2 is 2.45 bits per heavy atom. The minimum Gasteiger partial charge on any atom is -0.394 e. The SMILES string of the molecule is C[C@](N)(CO)c1cc(Br)cs1. The summed E-state index contributed by atoms with van der Waals surface area (Å²) < 4.78 is 1.02. The summed E-state index contributed by atoms with van der Waals surface area (Å²) in [6.07, 6.45) is 0. The Bertz CT molecular complexity index is 246. The highest BCUT2D eigenvalue weighted by Gasteiger charge is 2.21. The molecule has 0 spiro atoms. The lowest BCUT2D eigenvalue weighted by Crippen LogP contribution is -2.35. The summed E-state index contributed by atoms with van der Waals surface area (Å²) in [5.74, 6) is 0. The maximum Gasteiger partial charge on any atom is 0.0709 e. The third kappa shape index (κ3) is 2.02. The topological polar surface area (TPSA) is 46.2 Å². The van der Waals surface area contributed by atoms with E-state index in [4.69, 9.17) is 10.8 Å². The van der Waals surface area contributed by atoms with Crippen LogP contribution in [0.1, 0.15) is 11.8 Å². The van der Waals surface area contributed by atoms with Gasteiger partial charge in [0.1, 0.15) is 0 Å². The molecule has 0 aliphatic heterocycles. The first-order valence-corrected chi connectivity index (χ1v) is 4.88.